The predicted octanol–water partition coefficient (Wildman–Crippen LogP) is 4.21. The van der Waals surface area contributed by atoms with E-state index in [-0.39, 0.29) is 5.91 Å². The molecule has 0 saturated heterocycles. The number of carbonyl (C=O) groups excluding carboxylic acids is 1. The van der Waals surface area contributed by atoms with Crippen LogP contribution < -0.4 is 5.32 Å². The van der Waals surface area contributed by atoms with Crippen LogP contribution in [0.25, 0.3) is 0 Å². The molecule has 0 fully saturated rings. The highest BCUT2D eigenvalue weighted by atomic mass is 16.1. The highest BCUT2D eigenvalue weighted by molar-refractivity contribution is 5.92. The molecule has 0 aliphatic heterocycles. The number of hydrogen-bond acceptors (Lipinski definition) is 1. The third-order valence-electron chi connectivity index (χ3n) is 3.26. The fraction of sp³-hybridized carbons (Fsp3) is 0.278. The van der Waals surface area contributed by atoms with Crippen molar-refractivity contribution in [3.8, 4) is 0 Å². The molecule has 20 heavy (non-hydrogen) atoms. The first-order valence-electron chi connectivity index (χ1n) is 7.20. The lowest BCUT2D eigenvalue weighted by atomic mass is 10.0. The van der Waals surface area contributed by atoms with Gasteiger partial charge >= 0.3 is 0 Å². The molecule has 0 aliphatic carbocycles. The number of amides is 1. The number of para-hydroxylation sites is 1. The SMILES string of the molecule is CCCCc1ccc(CC(=O)Nc2ccccc2)cc1. The molecule has 2 aromatic rings. The van der Waals surface area contributed by atoms with Gasteiger partial charge in [-0.25, -0.2) is 0 Å². The Morgan fingerprint density at radius 3 is 2.25 bits per heavy atom. The molecule has 2 heteroatoms. The zero-order chi connectivity index (χ0) is 14.2. The van der Waals surface area contributed by atoms with Gasteiger partial charge in [-0.15, -0.1) is 0 Å². The summed E-state index contributed by atoms with van der Waals surface area (Å²) in [5, 5.41) is 2.90. The van der Waals surface area contributed by atoms with Crippen LogP contribution in [0, 0.1) is 0 Å². The van der Waals surface area contributed by atoms with Crippen LogP contribution in [0.3, 0.4) is 0 Å². The number of anilines is 1. The van der Waals surface area contributed by atoms with Gasteiger partial charge in [0.25, 0.3) is 0 Å². The number of aryl methyl sites for hydroxylation is 1. The van der Waals surface area contributed by atoms with Crippen LogP contribution in [0.5, 0.6) is 0 Å². The van der Waals surface area contributed by atoms with Crippen LogP contribution in [0.15, 0.2) is 54.6 Å². The Hall–Kier alpha value is -2.09. The Kier molecular flexibility index (Phi) is 5.36. The van der Waals surface area contributed by atoms with E-state index in [9.17, 15) is 4.79 Å². The van der Waals surface area contributed by atoms with Crippen LogP contribution in [-0.4, -0.2) is 5.91 Å². The van der Waals surface area contributed by atoms with Crippen LogP contribution >= 0.6 is 0 Å². The quantitative estimate of drug-likeness (QED) is 0.834. The third kappa shape index (κ3) is 4.54. The molecule has 0 unspecified atom stereocenters. The van der Waals surface area contributed by atoms with E-state index >= 15 is 0 Å². The maximum Gasteiger partial charge on any atom is 0.228 e. The van der Waals surface area contributed by atoms with Gasteiger partial charge in [-0.3, -0.25) is 4.79 Å². The van der Waals surface area contributed by atoms with Gasteiger partial charge < -0.3 is 5.32 Å². The fourth-order valence-corrected chi connectivity index (χ4v) is 2.12. The van der Waals surface area contributed by atoms with Crippen LogP contribution in [0.4, 0.5) is 5.69 Å². The lowest BCUT2D eigenvalue weighted by Crippen LogP contribution is -2.14. The number of unbranched alkanes of at least 4 members (excludes halogenated alkanes) is 1. The largest absolute Gasteiger partial charge is 0.326 e. The molecule has 0 aliphatic rings. The van der Waals surface area contributed by atoms with Crippen molar-refractivity contribution >= 4 is 11.6 Å². The molecule has 0 saturated carbocycles. The predicted molar refractivity (Wildman–Crippen MR) is 83.8 cm³/mol. The van der Waals surface area contributed by atoms with E-state index < -0.39 is 0 Å². The van der Waals surface area contributed by atoms with Crippen molar-refractivity contribution in [2.24, 2.45) is 0 Å². The average molecular weight is 267 g/mol. The number of carbonyl (C=O) groups is 1. The van der Waals surface area contributed by atoms with Crippen molar-refractivity contribution < 1.29 is 4.79 Å². The standard InChI is InChI=1S/C18H21NO/c1-2-3-7-15-10-12-16(13-11-15)14-18(20)19-17-8-5-4-6-9-17/h4-6,8-13H,2-3,7,14H2,1H3,(H,19,20). The van der Waals surface area contributed by atoms with Gasteiger partial charge in [0, 0.05) is 5.69 Å². The van der Waals surface area contributed by atoms with E-state index in [0.717, 1.165) is 17.7 Å². The minimum Gasteiger partial charge on any atom is -0.326 e. The van der Waals surface area contributed by atoms with Gasteiger partial charge in [0.2, 0.25) is 5.91 Å². The van der Waals surface area contributed by atoms with E-state index in [1.807, 2.05) is 30.3 Å². The molecule has 2 aromatic carbocycles. The summed E-state index contributed by atoms with van der Waals surface area (Å²) in [6.07, 6.45) is 3.96. The topological polar surface area (TPSA) is 29.1 Å². The number of hydrogen-bond donors (Lipinski definition) is 1. The summed E-state index contributed by atoms with van der Waals surface area (Å²) in [5.41, 5.74) is 3.25. The van der Waals surface area contributed by atoms with Gasteiger partial charge in [-0.1, -0.05) is 55.8 Å². The van der Waals surface area contributed by atoms with E-state index in [1.54, 1.807) is 0 Å². The van der Waals surface area contributed by atoms with E-state index in [1.165, 1.54) is 18.4 Å². The lowest BCUT2D eigenvalue weighted by Gasteiger charge is -2.06. The highest BCUT2D eigenvalue weighted by Crippen LogP contribution is 2.10. The van der Waals surface area contributed by atoms with Gasteiger partial charge in [0.1, 0.15) is 0 Å². The smallest absolute Gasteiger partial charge is 0.228 e. The summed E-state index contributed by atoms with van der Waals surface area (Å²) >= 11 is 0. The first-order valence-corrected chi connectivity index (χ1v) is 7.20. The monoisotopic (exact) mass is 267 g/mol. The Balaban J connectivity index is 1.88. The van der Waals surface area contributed by atoms with E-state index in [4.69, 9.17) is 0 Å². The van der Waals surface area contributed by atoms with E-state index in [0.29, 0.717) is 6.42 Å². The molecule has 2 rings (SSSR count). The van der Waals surface area contributed by atoms with Gasteiger partial charge in [0.15, 0.2) is 0 Å². The van der Waals surface area contributed by atoms with Crippen LogP contribution in [0.1, 0.15) is 30.9 Å². The fourth-order valence-electron chi connectivity index (χ4n) is 2.12. The molecule has 1 amide bonds. The third-order valence-corrected chi connectivity index (χ3v) is 3.26. The molecule has 0 atom stereocenters. The maximum absolute atomic E-state index is 11.9. The second kappa shape index (κ2) is 7.49. The van der Waals surface area contributed by atoms with Crippen molar-refractivity contribution in [1.29, 1.82) is 0 Å². The first-order chi connectivity index (χ1) is 9.78. The summed E-state index contributed by atoms with van der Waals surface area (Å²) in [4.78, 5) is 11.9. The molecule has 0 spiro atoms. The minimum absolute atomic E-state index is 0.0255. The van der Waals surface area contributed by atoms with Gasteiger partial charge in [-0.2, -0.15) is 0 Å². The second-order valence-electron chi connectivity index (χ2n) is 5.01. The molecule has 2 nitrogen and oxygen atoms in total. The van der Waals surface area contributed by atoms with Crippen molar-refractivity contribution in [3.05, 3.63) is 65.7 Å². The normalized spacial score (nSPS) is 10.2. The summed E-state index contributed by atoms with van der Waals surface area (Å²) < 4.78 is 0. The second-order valence-corrected chi connectivity index (χ2v) is 5.01. The lowest BCUT2D eigenvalue weighted by molar-refractivity contribution is -0.115. The number of benzene rings is 2. The molecule has 0 bridgehead atoms. The molecule has 0 aromatic heterocycles. The summed E-state index contributed by atoms with van der Waals surface area (Å²) in [6.45, 7) is 2.20. The van der Waals surface area contributed by atoms with Crippen molar-refractivity contribution in [1.82, 2.24) is 0 Å². The Morgan fingerprint density at radius 1 is 0.950 bits per heavy atom. The Bertz CT molecular complexity index is 531. The average Bonchev–Trinajstić information content (AvgIpc) is 2.47. The van der Waals surface area contributed by atoms with Crippen molar-refractivity contribution in [2.45, 2.75) is 32.6 Å². The van der Waals surface area contributed by atoms with Crippen molar-refractivity contribution in [3.63, 3.8) is 0 Å². The van der Waals surface area contributed by atoms with Crippen molar-refractivity contribution in [2.75, 3.05) is 5.32 Å². The minimum atomic E-state index is 0.0255. The molecule has 0 radical (unpaired) electrons. The highest BCUT2D eigenvalue weighted by Gasteiger charge is 2.04. The summed E-state index contributed by atoms with van der Waals surface area (Å²) in [5.74, 6) is 0.0255. The molecule has 1 N–H and O–H groups in total. The number of nitrogens with one attached hydrogen (secondary N) is 1. The first kappa shape index (κ1) is 14.3. The zero-order valence-electron chi connectivity index (χ0n) is 11.9. The molecule has 0 heterocycles. The van der Waals surface area contributed by atoms with Gasteiger partial charge in [0.05, 0.1) is 6.42 Å². The molecular formula is C18H21NO. The maximum atomic E-state index is 11.9. The van der Waals surface area contributed by atoms with Crippen LogP contribution in [-0.2, 0) is 17.6 Å². The zero-order valence-corrected chi connectivity index (χ0v) is 11.9. The molecule has 104 valence electrons. The number of rotatable bonds is 6. The Morgan fingerprint density at radius 2 is 1.60 bits per heavy atom. The van der Waals surface area contributed by atoms with Crippen LogP contribution in [0.2, 0.25) is 0 Å². The summed E-state index contributed by atoms with van der Waals surface area (Å²) in [7, 11) is 0. The van der Waals surface area contributed by atoms with E-state index in [2.05, 4.69) is 36.5 Å². The van der Waals surface area contributed by atoms with Gasteiger partial charge in [-0.05, 0) is 36.1 Å². The molecular weight excluding hydrogens is 246 g/mol. The Labute approximate surface area is 120 Å². The summed E-state index contributed by atoms with van der Waals surface area (Å²) in [6, 6.07) is 17.9.